The second-order valence-corrected chi connectivity index (χ2v) is 4.67. The Morgan fingerprint density at radius 1 is 1.38 bits per heavy atom. The fourth-order valence-electron chi connectivity index (χ4n) is 1.49. The molecule has 1 N–H and O–H groups in total. The van der Waals surface area contributed by atoms with E-state index in [2.05, 4.69) is 46.4 Å². The first-order chi connectivity index (χ1) is 7.74. The smallest absolute Gasteiger partial charge is 0.0477 e. The number of hydrogen-bond acceptors (Lipinski definition) is 2. The molecule has 0 spiro atoms. The standard InChI is InChI=1S/C13H20BrNO/c1-3-16-8-4-7-15-10-12-5-6-13(14)11(2)9-12/h5-6,9,15H,3-4,7-8,10H2,1-2H3. The summed E-state index contributed by atoms with van der Waals surface area (Å²) in [6, 6.07) is 6.46. The van der Waals surface area contributed by atoms with Crippen LogP contribution in [0, 0.1) is 6.92 Å². The van der Waals surface area contributed by atoms with E-state index < -0.39 is 0 Å². The number of aryl methyl sites for hydroxylation is 1. The van der Waals surface area contributed by atoms with Gasteiger partial charge in [-0.2, -0.15) is 0 Å². The third-order valence-electron chi connectivity index (χ3n) is 2.40. The summed E-state index contributed by atoms with van der Waals surface area (Å²) < 4.78 is 6.45. The molecule has 1 aromatic carbocycles. The van der Waals surface area contributed by atoms with Crippen molar-refractivity contribution in [1.29, 1.82) is 0 Å². The lowest BCUT2D eigenvalue weighted by molar-refractivity contribution is 0.144. The van der Waals surface area contributed by atoms with Gasteiger partial charge in [-0.15, -0.1) is 0 Å². The molecule has 0 amide bonds. The fraction of sp³-hybridized carbons (Fsp3) is 0.538. The van der Waals surface area contributed by atoms with Gasteiger partial charge in [-0.3, -0.25) is 0 Å². The van der Waals surface area contributed by atoms with Crippen LogP contribution < -0.4 is 5.32 Å². The van der Waals surface area contributed by atoms with Gasteiger partial charge in [-0.1, -0.05) is 28.1 Å². The first kappa shape index (κ1) is 13.7. The Balaban J connectivity index is 2.19. The van der Waals surface area contributed by atoms with Gasteiger partial charge in [0.05, 0.1) is 0 Å². The molecule has 0 fully saturated rings. The highest BCUT2D eigenvalue weighted by Gasteiger charge is 1.97. The van der Waals surface area contributed by atoms with E-state index in [1.165, 1.54) is 15.6 Å². The molecule has 0 radical (unpaired) electrons. The second kappa shape index (κ2) is 7.82. The molecule has 0 aromatic heterocycles. The maximum absolute atomic E-state index is 5.27. The average Bonchev–Trinajstić information content (AvgIpc) is 2.28. The van der Waals surface area contributed by atoms with E-state index in [-0.39, 0.29) is 0 Å². The first-order valence-electron chi connectivity index (χ1n) is 5.77. The van der Waals surface area contributed by atoms with Gasteiger partial charge in [0.2, 0.25) is 0 Å². The first-order valence-corrected chi connectivity index (χ1v) is 6.57. The van der Waals surface area contributed by atoms with Crippen molar-refractivity contribution in [2.45, 2.75) is 26.8 Å². The zero-order valence-electron chi connectivity index (χ0n) is 10.1. The summed E-state index contributed by atoms with van der Waals surface area (Å²) in [6.45, 7) is 7.74. The third kappa shape index (κ3) is 5.10. The molecule has 3 heteroatoms. The van der Waals surface area contributed by atoms with E-state index in [1.54, 1.807) is 0 Å². The number of hydrogen-bond donors (Lipinski definition) is 1. The number of ether oxygens (including phenoxy) is 1. The molecular formula is C13H20BrNO. The molecule has 0 saturated heterocycles. The third-order valence-corrected chi connectivity index (χ3v) is 3.29. The van der Waals surface area contributed by atoms with Crippen LogP contribution in [0.5, 0.6) is 0 Å². The summed E-state index contributed by atoms with van der Waals surface area (Å²) in [5.74, 6) is 0. The second-order valence-electron chi connectivity index (χ2n) is 3.81. The molecule has 1 aromatic rings. The van der Waals surface area contributed by atoms with Crippen molar-refractivity contribution in [3.8, 4) is 0 Å². The molecule has 2 nitrogen and oxygen atoms in total. The quantitative estimate of drug-likeness (QED) is 0.777. The predicted octanol–water partition coefficient (Wildman–Crippen LogP) is 3.27. The Morgan fingerprint density at radius 2 is 2.19 bits per heavy atom. The SMILES string of the molecule is CCOCCCNCc1ccc(Br)c(C)c1. The van der Waals surface area contributed by atoms with Gasteiger partial charge < -0.3 is 10.1 Å². The lowest BCUT2D eigenvalue weighted by atomic mass is 10.1. The van der Waals surface area contributed by atoms with Crippen molar-refractivity contribution in [2.75, 3.05) is 19.8 Å². The molecule has 90 valence electrons. The zero-order valence-corrected chi connectivity index (χ0v) is 11.6. The molecule has 16 heavy (non-hydrogen) atoms. The van der Waals surface area contributed by atoms with Crippen molar-refractivity contribution in [1.82, 2.24) is 5.32 Å². The monoisotopic (exact) mass is 285 g/mol. The van der Waals surface area contributed by atoms with Gasteiger partial charge in [-0.05, 0) is 44.0 Å². The van der Waals surface area contributed by atoms with Crippen LogP contribution in [0.4, 0.5) is 0 Å². The van der Waals surface area contributed by atoms with Crippen LogP contribution in [-0.4, -0.2) is 19.8 Å². The molecule has 1 rings (SSSR count). The largest absolute Gasteiger partial charge is 0.382 e. The van der Waals surface area contributed by atoms with Crippen molar-refractivity contribution >= 4 is 15.9 Å². The highest BCUT2D eigenvalue weighted by molar-refractivity contribution is 9.10. The van der Waals surface area contributed by atoms with Gasteiger partial charge in [0, 0.05) is 24.2 Å². The fourth-order valence-corrected chi connectivity index (χ4v) is 1.74. The lowest BCUT2D eigenvalue weighted by Crippen LogP contribution is -2.16. The van der Waals surface area contributed by atoms with Crippen LogP contribution in [0.2, 0.25) is 0 Å². The van der Waals surface area contributed by atoms with Crippen molar-refractivity contribution in [3.63, 3.8) is 0 Å². The predicted molar refractivity (Wildman–Crippen MR) is 71.7 cm³/mol. The molecule has 0 heterocycles. The van der Waals surface area contributed by atoms with Gasteiger partial charge in [0.25, 0.3) is 0 Å². The van der Waals surface area contributed by atoms with Gasteiger partial charge >= 0.3 is 0 Å². The molecule has 0 aliphatic rings. The van der Waals surface area contributed by atoms with Crippen LogP contribution in [0.1, 0.15) is 24.5 Å². The molecule has 0 unspecified atom stereocenters. The van der Waals surface area contributed by atoms with Gasteiger partial charge in [0.1, 0.15) is 0 Å². The lowest BCUT2D eigenvalue weighted by Gasteiger charge is -2.06. The Morgan fingerprint density at radius 3 is 2.88 bits per heavy atom. The highest BCUT2D eigenvalue weighted by atomic mass is 79.9. The summed E-state index contributed by atoms with van der Waals surface area (Å²) in [6.07, 6.45) is 1.07. The van der Waals surface area contributed by atoms with Crippen LogP contribution >= 0.6 is 15.9 Å². The van der Waals surface area contributed by atoms with Crippen LogP contribution in [0.25, 0.3) is 0 Å². The average molecular weight is 286 g/mol. The van der Waals surface area contributed by atoms with Crippen LogP contribution in [0.3, 0.4) is 0 Å². The molecule has 0 aliphatic carbocycles. The van der Waals surface area contributed by atoms with Crippen molar-refractivity contribution in [2.24, 2.45) is 0 Å². The van der Waals surface area contributed by atoms with Gasteiger partial charge in [0.15, 0.2) is 0 Å². The van der Waals surface area contributed by atoms with E-state index in [0.29, 0.717) is 0 Å². The topological polar surface area (TPSA) is 21.3 Å². The summed E-state index contributed by atoms with van der Waals surface area (Å²) in [4.78, 5) is 0. The summed E-state index contributed by atoms with van der Waals surface area (Å²) in [5, 5.41) is 3.41. The van der Waals surface area contributed by atoms with E-state index in [0.717, 1.165) is 32.7 Å². The minimum absolute atomic E-state index is 0.811. The van der Waals surface area contributed by atoms with E-state index >= 15 is 0 Å². The Bertz CT molecular complexity index is 315. The summed E-state index contributed by atoms with van der Waals surface area (Å²) in [7, 11) is 0. The Kier molecular flexibility index (Phi) is 6.69. The summed E-state index contributed by atoms with van der Waals surface area (Å²) in [5.41, 5.74) is 2.62. The molecule has 0 saturated carbocycles. The van der Waals surface area contributed by atoms with Crippen LogP contribution in [0.15, 0.2) is 22.7 Å². The maximum Gasteiger partial charge on any atom is 0.0477 e. The molecule has 0 aliphatic heterocycles. The minimum atomic E-state index is 0.811. The normalized spacial score (nSPS) is 10.7. The van der Waals surface area contributed by atoms with E-state index in [9.17, 15) is 0 Å². The summed E-state index contributed by atoms with van der Waals surface area (Å²) >= 11 is 3.50. The molecule has 0 atom stereocenters. The van der Waals surface area contributed by atoms with Crippen molar-refractivity contribution < 1.29 is 4.74 Å². The number of benzene rings is 1. The number of halogens is 1. The van der Waals surface area contributed by atoms with E-state index in [4.69, 9.17) is 4.74 Å². The number of rotatable bonds is 7. The zero-order chi connectivity index (χ0) is 11.8. The highest BCUT2D eigenvalue weighted by Crippen LogP contribution is 2.16. The minimum Gasteiger partial charge on any atom is -0.382 e. The Hall–Kier alpha value is -0.380. The van der Waals surface area contributed by atoms with Crippen LogP contribution in [-0.2, 0) is 11.3 Å². The Labute approximate surface area is 107 Å². The molecular weight excluding hydrogens is 266 g/mol. The van der Waals surface area contributed by atoms with Gasteiger partial charge in [-0.25, -0.2) is 0 Å². The maximum atomic E-state index is 5.27. The van der Waals surface area contributed by atoms with Crippen molar-refractivity contribution in [3.05, 3.63) is 33.8 Å². The van der Waals surface area contributed by atoms with E-state index in [1.807, 2.05) is 6.92 Å². The number of nitrogens with one attached hydrogen (secondary N) is 1. The molecule has 0 bridgehead atoms.